The second-order valence-electron chi connectivity index (χ2n) is 8.34. The molecule has 2 aromatic rings. The summed E-state index contributed by atoms with van der Waals surface area (Å²) >= 11 is 0. The van der Waals surface area contributed by atoms with E-state index in [-0.39, 0.29) is 5.75 Å². The minimum absolute atomic E-state index is 0.00000165. The molecular formula is C28H39NO4. The smallest absolute Gasteiger partial charge is 0.338 e. The van der Waals surface area contributed by atoms with Crippen molar-refractivity contribution >= 4 is 17.9 Å². The van der Waals surface area contributed by atoms with Crippen molar-refractivity contribution < 1.29 is 19.4 Å². The molecule has 0 heterocycles. The van der Waals surface area contributed by atoms with Gasteiger partial charge in [-0.3, -0.25) is 4.99 Å². The van der Waals surface area contributed by atoms with E-state index in [1.165, 1.54) is 51.0 Å². The van der Waals surface area contributed by atoms with E-state index in [0.29, 0.717) is 17.7 Å². The molecule has 0 aliphatic rings. The third-order valence-electron chi connectivity index (χ3n) is 5.45. The van der Waals surface area contributed by atoms with Gasteiger partial charge >= 0.3 is 5.97 Å². The average molecular weight is 454 g/mol. The summed E-state index contributed by atoms with van der Waals surface area (Å²) in [5, 5.41) is 10.3. The molecule has 0 spiro atoms. The average Bonchev–Trinajstić information content (AvgIpc) is 2.83. The maximum absolute atomic E-state index is 12.2. The Morgan fingerprint density at radius 2 is 1.48 bits per heavy atom. The Labute approximate surface area is 198 Å². The monoisotopic (exact) mass is 453 g/mol. The van der Waals surface area contributed by atoms with Gasteiger partial charge in [-0.2, -0.15) is 0 Å². The van der Waals surface area contributed by atoms with Gasteiger partial charge in [0.2, 0.25) is 0 Å². The number of hydrogen-bond acceptors (Lipinski definition) is 5. The molecule has 0 aliphatic carbocycles. The number of benzene rings is 2. The third kappa shape index (κ3) is 10.6. The van der Waals surface area contributed by atoms with Gasteiger partial charge in [-0.15, -0.1) is 0 Å². The van der Waals surface area contributed by atoms with E-state index in [9.17, 15) is 9.90 Å². The van der Waals surface area contributed by atoms with Gasteiger partial charge in [0, 0.05) is 11.8 Å². The summed E-state index contributed by atoms with van der Waals surface area (Å²) in [6.45, 7) is 5.51. The van der Waals surface area contributed by atoms with Crippen LogP contribution in [-0.2, 0) is 4.74 Å². The Morgan fingerprint density at radius 3 is 2.18 bits per heavy atom. The number of esters is 1. The molecule has 5 nitrogen and oxygen atoms in total. The molecule has 0 aliphatic heterocycles. The first-order chi connectivity index (χ1) is 16.1. The summed E-state index contributed by atoms with van der Waals surface area (Å²) in [7, 11) is 0. The lowest BCUT2D eigenvalue weighted by molar-refractivity contribution is 0.0497. The van der Waals surface area contributed by atoms with Crippen LogP contribution in [0.25, 0.3) is 0 Å². The minimum atomic E-state index is -0.408. The molecule has 5 heteroatoms. The number of unbranched alkanes of at least 4 members (excludes halogenated alkanes) is 8. The van der Waals surface area contributed by atoms with Gasteiger partial charge in [0.25, 0.3) is 0 Å². The maximum atomic E-state index is 12.2. The fraction of sp³-hybridized carbons (Fsp3) is 0.500. The maximum Gasteiger partial charge on any atom is 0.338 e. The Balaban J connectivity index is 1.77. The van der Waals surface area contributed by atoms with Crippen LogP contribution < -0.4 is 4.74 Å². The highest BCUT2D eigenvalue weighted by Gasteiger charge is 2.10. The lowest BCUT2D eigenvalue weighted by atomic mass is 10.1. The molecule has 33 heavy (non-hydrogen) atoms. The van der Waals surface area contributed by atoms with E-state index in [1.54, 1.807) is 18.3 Å². The highest BCUT2D eigenvalue weighted by atomic mass is 16.5. The second-order valence-corrected chi connectivity index (χ2v) is 8.34. The van der Waals surface area contributed by atoms with Gasteiger partial charge in [-0.25, -0.2) is 4.79 Å². The molecule has 2 aromatic carbocycles. The second kappa shape index (κ2) is 15.9. The van der Waals surface area contributed by atoms with Crippen LogP contribution in [0.3, 0.4) is 0 Å². The first kappa shape index (κ1) is 26.4. The van der Waals surface area contributed by atoms with Crippen molar-refractivity contribution in [1.82, 2.24) is 0 Å². The first-order valence-electron chi connectivity index (χ1n) is 12.4. The number of phenols is 1. The summed E-state index contributed by atoms with van der Waals surface area (Å²) in [5.74, 6) is 0.418. The van der Waals surface area contributed by atoms with E-state index in [4.69, 9.17) is 9.47 Å². The molecular weight excluding hydrogens is 414 g/mol. The van der Waals surface area contributed by atoms with E-state index in [0.717, 1.165) is 37.3 Å². The summed E-state index contributed by atoms with van der Waals surface area (Å²) < 4.78 is 11.0. The van der Waals surface area contributed by atoms with Crippen LogP contribution in [0.5, 0.6) is 11.5 Å². The molecule has 180 valence electrons. The minimum Gasteiger partial charge on any atom is -0.507 e. The highest BCUT2D eigenvalue weighted by Crippen LogP contribution is 2.21. The Hall–Kier alpha value is -2.82. The number of carbonyl (C=O) groups excluding carboxylic acids is 1. The van der Waals surface area contributed by atoms with Gasteiger partial charge in [0.15, 0.2) is 0 Å². The number of aromatic hydroxyl groups is 1. The van der Waals surface area contributed by atoms with Crippen molar-refractivity contribution in [3.05, 3.63) is 53.6 Å². The molecule has 0 saturated carbocycles. The Morgan fingerprint density at radius 1 is 0.848 bits per heavy atom. The number of nitrogens with zero attached hydrogens (tertiary/aromatic N) is 1. The molecule has 0 aromatic heterocycles. The van der Waals surface area contributed by atoms with E-state index in [1.807, 2.05) is 24.3 Å². The summed E-state index contributed by atoms with van der Waals surface area (Å²) in [6.07, 6.45) is 13.2. The van der Waals surface area contributed by atoms with Crippen molar-refractivity contribution in [2.45, 2.75) is 78.1 Å². The van der Waals surface area contributed by atoms with Crippen LogP contribution >= 0.6 is 0 Å². The van der Waals surface area contributed by atoms with Crippen molar-refractivity contribution in [2.75, 3.05) is 13.2 Å². The van der Waals surface area contributed by atoms with Gasteiger partial charge < -0.3 is 14.6 Å². The number of aliphatic imine (C=N–C) groups is 1. The molecule has 0 saturated heterocycles. The van der Waals surface area contributed by atoms with Crippen LogP contribution in [0.2, 0.25) is 0 Å². The quantitative estimate of drug-likeness (QED) is 0.161. The largest absolute Gasteiger partial charge is 0.507 e. The van der Waals surface area contributed by atoms with Crippen LogP contribution in [0, 0.1) is 0 Å². The molecule has 0 bridgehead atoms. The fourth-order valence-electron chi connectivity index (χ4n) is 3.40. The summed E-state index contributed by atoms with van der Waals surface area (Å²) in [5.41, 5.74) is 1.64. The molecule has 0 radical (unpaired) electrons. The van der Waals surface area contributed by atoms with E-state index in [2.05, 4.69) is 18.8 Å². The van der Waals surface area contributed by atoms with Gasteiger partial charge in [-0.1, -0.05) is 65.2 Å². The van der Waals surface area contributed by atoms with Crippen LogP contribution in [0.4, 0.5) is 5.69 Å². The molecule has 0 amide bonds. The lowest BCUT2D eigenvalue weighted by Gasteiger charge is -2.07. The molecule has 0 unspecified atom stereocenters. The number of phenolic OH excluding ortho intramolecular Hbond substituents is 1. The first-order valence-corrected chi connectivity index (χ1v) is 12.4. The van der Waals surface area contributed by atoms with Crippen LogP contribution in [0.15, 0.2) is 47.5 Å². The summed E-state index contributed by atoms with van der Waals surface area (Å²) in [4.78, 5) is 16.6. The van der Waals surface area contributed by atoms with E-state index < -0.39 is 5.97 Å². The molecule has 0 atom stereocenters. The number of carbonyl (C=O) groups is 1. The molecule has 2 rings (SSSR count). The fourth-order valence-corrected chi connectivity index (χ4v) is 3.40. The lowest BCUT2D eigenvalue weighted by Crippen LogP contribution is -2.06. The zero-order chi connectivity index (χ0) is 23.7. The normalized spacial score (nSPS) is 11.1. The standard InChI is InChI=1S/C28H39NO4/c1-3-5-7-8-9-10-12-20-33-28(31)23-13-14-24(27(30)21-23)22-29-25-15-17-26(18-16-25)32-19-11-6-4-2/h13-18,21-22,30H,3-12,19-20H2,1-2H3. The zero-order valence-corrected chi connectivity index (χ0v) is 20.2. The molecule has 0 fully saturated rings. The topological polar surface area (TPSA) is 68.1 Å². The predicted octanol–water partition coefficient (Wildman–Crippen LogP) is 7.62. The van der Waals surface area contributed by atoms with Crippen molar-refractivity contribution in [3.8, 4) is 11.5 Å². The number of ether oxygens (including phenoxy) is 2. The van der Waals surface area contributed by atoms with Crippen LogP contribution in [0.1, 0.15) is 94.0 Å². The predicted molar refractivity (Wildman–Crippen MR) is 135 cm³/mol. The van der Waals surface area contributed by atoms with E-state index >= 15 is 0 Å². The van der Waals surface area contributed by atoms with Crippen molar-refractivity contribution in [2.24, 2.45) is 4.99 Å². The van der Waals surface area contributed by atoms with Gasteiger partial charge in [0.1, 0.15) is 11.5 Å². The number of hydrogen-bond donors (Lipinski definition) is 1. The van der Waals surface area contributed by atoms with Crippen molar-refractivity contribution in [1.29, 1.82) is 0 Å². The van der Waals surface area contributed by atoms with Gasteiger partial charge in [0.05, 0.1) is 24.5 Å². The zero-order valence-electron chi connectivity index (χ0n) is 20.2. The number of rotatable bonds is 16. The van der Waals surface area contributed by atoms with Crippen molar-refractivity contribution in [3.63, 3.8) is 0 Å². The van der Waals surface area contributed by atoms with Crippen LogP contribution in [-0.4, -0.2) is 30.5 Å². The Bertz CT molecular complexity index is 845. The SMILES string of the molecule is CCCCCCCCCOC(=O)c1ccc(C=Nc2ccc(OCCCCC)cc2)c(O)c1. The molecule has 1 N–H and O–H groups in total. The third-order valence-corrected chi connectivity index (χ3v) is 5.45. The van der Waals surface area contributed by atoms with Gasteiger partial charge in [-0.05, 0) is 55.3 Å². The highest BCUT2D eigenvalue weighted by molar-refractivity contribution is 5.92. The Kier molecular flexibility index (Phi) is 12.7. The summed E-state index contributed by atoms with van der Waals surface area (Å²) in [6, 6.07) is 12.3.